The third-order valence-electron chi connectivity index (χ3n) is 5.30. The molecule has 2 rings (SSSR count). The van der Waals surface area contributed by atoms with Crippen LogP contribution in [0.15, 0.2) is 42.5 Å². The molecule has 0 fully saturated rings. The lowest BCUT2D eigenvalue weighted by molar-refractivity contribution is -0.140. The van der Waals surface area contributed by atoms with Gasteiger partial charge in [0.05, 0.1) is 24.1 Å². The molecular weight excluding hydrogens is 513 g/mol. The molecule has 192 valence electrons. The van der Waals surface area contributed by atoms with Gasteiger partial charge in [0, 0.05) is 18.1 Å². The molecule has 1 N–H and O–H groups in total. The molecule has 0 spiro atoms. The van der Waals surface area contributed by atoms with Crippen LogP contribution in [0.25, 0.3) is 0 Å². The standard InChI is InChI=1S/C24H31Cl2N3O5S/c1-5-13-27-24(31)21(6-2)28(15-17-7-10-19(34-3)11-8-17)23(30)16-29(35(4,32)33)22-12-9-18(25)14-20(22)26/h7-12,14,21H,5-6,13,15-16H2,1-4H3,(H,27,31). The molecule has 2 amide bonds. The minimum Gasteiger partial charge on any atom is -0.497 e. The van der Waals surface area contributed by atoms with Crippen LogP contribution in [0, 0.1) is 0 Å². The summed E-state index contributed by atoms with van der Waals surface area (Å²) in [6.07, 6.45) is 2.08. The van der Waals surface area contributed by atoms with Crippen LogP contribution < -0.4 is 14.4 Å². The second-order valence-electron chi connectivity index (χ2n) is 7.95. The predicted molar refractivity (Wildman–Crippen MR) is 140 cm³/mol. The molecule has 8 nitrogen and oxygen atoms in total. The first-order chi connectivity index (χ1) is 16.5. The Hall–Kier alpha value is -2.49. The molecule has 0 aliphatic rings. The number of carbonyl (C=O) groups excluding carboxylic acids is 2. The zero-order chi connectivity index (χ0) is 26.2. The number of benzene rings is 2. The zero-order valence-corrected chi connectivity index (χ0v) is 22.6. The van der Waals surface area contributed by atoms with E-state index in [2.05, 4.69) is 5.32 Å². The molecule has 35 heavy (non-hydrogen) atoms. The van der Waals surface area contributed by atoms with Crippen LogP contribution in [0.2, 0.25) is 10.0 Å². The molecule has 1 atom stereocenters. The summed E-state index contributed by atoms with van der Waals surface area (Å²) < 4.78 is 31.4. The lowest BCUT2D eigenvalue weighted by Crippen LogP contribution is -2.52. The van der Waals surface area contributed by atoms with Crippen LogP contribution in [0.1, 0.15) is 32.3 Å². The minimum absolute atomic E-state index is 0.0881. The van der Waals surface area contributed by atoms with Crippen molar-refractivity contribution < 1.29 is 22.7 Å². The number of amides is 2. The number of nitrogens with zero attached hydrogens (tertiary/aromatic N) is 2. The van der Waals surface area contributed by atoms with E-state index in [1.54, 1.807) is 38.3 Å². The van der Waals surface area contributed by atoms with Crippen molar-refractivity contribution in [1.29, 1.82) is 0 Å². The van der Waals surface area contributed by atoms with E-state index < -0.39 is 28.5 Å². The van der Waals surface area contributed by atoms with Gasteiger partial charge in [-0.2, -0.15) is 0 Å². The molecule has 0 saturated carbocycles. The van der Waals surface area contributed by atoms with Crippen molar-refractivity contribution in [3.8, 4) is 5.75 Å². The average molecular weight is 545 g/mol. The second-order valence-corrected chi connectivity index (χ2v) is 10.7. The lowest BCUT2D eigenvalue weighted by Gasteiger charge is -2.33. The number of methoxy groups -OCH3 is 1. The Bertz CT molecular complexity index is 1130. The van der Waals surface area contributed by atoms with E-state index in [9.17, 15) is 18.0 Å². The van der Waals surface area contributed by atoms with E-state index in [0.29, 0.717) is 23.7 Å². The van der Waals surface area contributed by atoms with Crippen LogP contribution in [-0.2, 0) is 26.2 Å². The summed E-state index contributed by atoms with van der Waals surface area (Å²) in [5.41, 5.74) is 0.885. The minimum atomic E-state index is -3.89. The molecule has 11 heteroatoms. The number of nitrogens with one attached hydrogen (secondary N) is 1. The maximum atomic E-state index is 13.6. The van der Waals surface area contributed by atoms with Crippen molar-refractivity contribution in [2.75, 3.05) is 30.8 Å². The monoisotopic (exact) mass is 543 g/mol. The summed E-state index contributed by atoms with van der Waals surface area (Å²) in [5.74, 6) is -0.192. The van der Waals surface area contributed by atoms with Gasteiger partial charge in [0.25, 0.3) is 0 Å². The van der Waals surface area contributed by atoms with Crippen LogP contribution in [0.4, 0.5) is 5.69 Å². The first-order valence-electron chi connectivity index (χ1n) is 11.1. The summed E-state index contributed by atoms with van der Waals surface area (Å²) in [6.45, 7) is 3.77. The third kappa shape index (κ3) is 8.02. The van der Waals surface area contributed by atoms with Crippen molar-refractivity contribution in [2.45, 2.75) is 39.3 Å². The maximum absolute atomic E-state index is 13.6. The number of anilines is 1. The van der Waals surface area contributed by atoms with Gasteiger partial charge in [0.1, 0.15) is 18.3 Å². The highest BCUT2D eigenvalue weighted by Gasteiger charge is 2.32. The van der Waals surface area contributed by atoms with Gasteiger partial charge in [0.2, 0.25) is 21.8 Å². The number of sulfonamides is 1. The number of hydrogen-bond acceptors (Lipinski definition) is 5. The largest absolute Gasteiger partial charge is 0.497 e. The van der Waals surface area contributed by atoms with E-state index in [1.165, 1.54) is 23.1 Å². The van der Waals surface area contributed by atoms with Gasteiger partial charge >= 0.3 is 0 Å². The molecule has 0 heterocycles. The number of ether oxygens (including phenoxy) is 1. The summed E-state index contributed by atoms with van der Waals surface area (Å²) >= 11 is 12.2. The molecule has 0 aromatic heterocycles. The highest BCUT2D eigenvalue weighted by Crippen LogP contribution is 2.30. The molecule has 0 radical (unpaired) electrons. The van der Waals surface area contributed by atoms with Crippen LogP contribution in [-0.4, -0.2) is 57.6 Å². The first kappa shape index (κ1) is 28.7. The predicted octanol–water partition coefficient (Wildman–Crippen LogP) is 4.10. The van der Waals surface area contributed by atoms with Crippen molar-refractivity contribution in [1.82, 2.24) is 10.2 Å². The highest BCUT2D eigenvalue weighted by molar-refractivity contribution is 7.92. The first-order valence-corrected chi connectivity index (χ1v) is 13.7. The third-order valence-corrected chi connectivity index (χ3v) is 6.97. The quantitative estimate of drug-likeness (QED) is 0.434. The van der Waals surface area contributed by atoms with Crippen LogP contribution in [0.3, 0.4) is 0 Å². The fourth-order valence-electron chi connectivity index (χ4n) is 3.49. The lowest BCUT2D eigenvalue weighted by atomic mass is 10.1. The Balaban J connectivity index is 2.44. The Morgan fingerprint density at radius 1 is 1.09 bits per heavy atom. The van der Waals surface area contributed by atoms with E-state index in [0.717, 1.165) is 22.5 Å². The molecule has 0 saturated heterocycles. The highest BCUT2D eigenvalue weighted by atomic mass is 35.5. The Morgan fingerprint density at radius 2 is 1.74 bits per heavy atom. The molecule has 0 aliphatic heterocycles. The maximum Gasteiger partial charge on any atom is 0.244 e. The van der Waals surface area contributed by atoms with Gasteiger partial charge < -0.3 is 15.0 Å². The number of rotatable bonds is 12. The SMILES string of the molecule is CCCNC(=O)C(CC)N(Cc1ccc(OC)cc1)C(=O)CN(c1ccc(Cl)cc1Cl)S(C)(=O)=O. The number of halogens is 2. The van der Waals surface area contributed by atoms with Gasteiger partial charge in [-0.25, -0.2) is 8.42 Å². The smallest absolute Gasteiger partial charge is 0.244 e. The fourth-order valence-corrected chi connectivity index (χ4v) is 4.91. The molecule has 2 aromatic carbocycles. The normalized spacial score (nSPS) is 12.1. The Kier molecular flexibility index (Phi) is 10.7. The van der Waals surface area contributed by atoms with Gasteiger partial charge in [-0.15, -0.1) is 0 Å². The molecule has 0 bridgehead atoms. The Labute approximate surface area is 217 Å². The second kappa shape index (κ2) is 13.0. The topological polar surface area (TPSA) is 96.0 Å². The summed E-state index contributed by atoms with van der Waals surface area (Å²) in [5, 5.41) is 3.25. The molecule has 0 aliphatic carbocycles. The van der Waals surface area contributed by atoms with E-state index in [-0.39, 0.29) is 23.2 Å². The van der Waals surface area contributed by atoms with Gasteiger partial charge in [-0.3, -0.25) is 13.9 Å². The van der Waals surface area contributed by atoms with Crippen LogP contribution >= 0.6 is 23.2 Å². The number of carbonyl (C=O) groups is 2. The van der Waals surface area contributed by atoms with Crippen molar-refractivity contribution in [3.05, 3.63) is 58.1 Å². The van der Waals surface area contributed by atoms with E-state index in [4.69, 9.17) is 27.9 Å². The van der Waals surface area contributed by atoms with Gasteiger partial charge in [-0.1, -0.05) is 49.2 Å². The van der Waals surface area contributed by atoms with Gasteiger partial charge in [0.15, 0.2) is 0 Å². The molecule has 1 unspecified atom stereocenters. The Morgan fingerprint density at radius 3 is 2.26 bits per heavy atom. The van der Waals surface area contributed by atoms with Crippen LogP contribution in [0.5, 0.6) is 5.75 Å². The van der Waals surface area contributed by atoms with Gasteiger partial charge in [-0.05, 0) is 48.7 Å². The zero-order valence-electron chi connectivity index (χ0n) is 20.3. The molecular formula is C24H31Cl2N3O5S. The fraction of sp³-hybridized carbons (Fsp3) is 0.417. The van der Waals surface area contributed by atoms with Crippen molar-refractivity contribution >= 4 is 50.7 Å². The van der Waals surface area contributed by atoms with Crippen molar-refractivity contribution in [3.63, 3.8) is 0 Å². The number of hydrogen-bond donors (Lipinski definition) is 1. The summed E-state index contributed by atoms with van der Waals surface area (Å²) in [7, 11) is -2.34. The summed E-state index contributed by atoms with van der Waals surface area (Å²) in [4.78, 5) is 27.9. The molecule has 2 aromatic rings. The average Bonchev–Trinajstić information content (AvgIpc) is 2.81. The van der Waals surface area contributed by atoms with Crippen molar-refractivity contribution in [2.24, 2.45) is 0 Å². The van der Waals surface area contributed by atoms with E-state index >= 15 is 0 Å². The summed E-state index contributed by atoms with van der Waals surface area (Å²) in [6, 6.07) is 10.6. The van der Waals surface area contributed by atoms with E-state index in [1.807, 2.05) is 6.92 Å².